The third-order valence-corrected chi connectivity index (χ3v) is 5.67. The molecule has 0 nitrogen and oxygen atoms in total. The van der Waals surface area contributed by atoms with Crippen molar-refractivity contribution < 1.29 is 0 Å². The number of halogens is 3. The number of alkyl halides is 1. The van der Waals surface area contributed by atoms with Gasteiger partial charge in [-0.05, 0) is 49.9 Å². The van der Waals surface area contributed by atoms with Gasteiger partial charge in [0, 0.05) is 4.83 Å². The van der Waals surface area contributed by atoms with Gasteiger partial charge in [-0.2, -0.15) is 0 Å². The Labute approximate surface area is 121 Å². The van der Waals surface area contributed by atoms with Crippen LogP contribution >= 0.6 is 59.1 Å². The minimum absolute atomic E-state index is 0.492. The fourth-order valence-electron chi connectivity index (χ4n) is 1.47. The van der Waals surface area contributed by atoms with Crippen molar-refractivity contribution in [2.75, 3.05) is 0 Å². The van der Waals surface area contributed by atoms with Crippen LogP contribution in [0.4, 0.5) is 0 Å². The van der Waals surface area contributed by atoms with Gasteiger partial charge in [0.1, 0.15) is 0 Å². The normalized spacial score (nSPS) is 13.1. The average Bonchev–Trinajstić information content (AvgIpc) is 2.52. The van der Waals surface area contributed by atoms with Gasteiger partial charge in [0.05, 0.1) is 7.57 Å². The fraction of sp³-hybridized carbons (Fsp3) is 0.636. The van der Waals surface area contributed by atoms with Gasteiger partial charge in [-0.25, -0.2) is 0 Å². The summed E-state index contributed by atoms with van der Waals surface area (Å²) in [5.41, 5.74) is 1.38. The van der Waals surface area contributed by atoms with Crippen molar-refractivity contribution in [2.45, 2.75) is 43.9 Å². The van der Waals surface area contributed by atoms with Crippen molar-refractivity contribution >= 4 is 59.1 Å². The van der Waals surface area contributed by atoms with Gasteiger partial charge >= 0.3 is 0 Å². The Morgan fingerprint density at radius 2 is 2.00 bits per heavy atom. The van der Waals surface area contributed by atoms with E-state index in [0.29, 0.717) is 4.83 Å². The third-order valence-electron chi connectivity index (χ3n) is 2.33. The summed E-state index contributed by atoms with van der Waals surface area (Å²) in [4.78, 5) is 0.492. The van der Waals surface area contributed by atoms with Crippen molar-refractivity contribution in [2.24, 2.45) is 0 Å². The van der Waals surface area contributed by atoms with E-state index in [1.54, 1.807) is 11.3 Å². The minimum Gasteiger partial charge on any atom is -0.121 e. The predicted octanol–water partition coefficient (Wildman–Crippen LogP) is 6.68. The van der Waals surface area contributed by atoms with E-state index >= 15 is 0 Å². The van der Waals surface area contributed by atoms with E-state index in [9.17, 15) is 0 Å². The Morgan fingerprint density at radius 1 is 1.27 bits per heavy atom. The molecule has 0 saturated heterocycles. The van der Waals surface area contributed by atoms with Gasteiger partial charge in [-0.1, -0.05) is 48.5 Å². The van der Waals surface area contributed by atoms with Crippen LogP contribution in [0.2, 0.25) is 0 Å². The molecule has 0 fully saturated rings. The van der Waals surface area contributed by atoms with Crippen LogP contribution in [0.5, 0.6) is 0 Å². The van der Waals surface area contributed by atoms with Gasteiger partial charge in [-0.15, -0.1) is 11.3 Å². The first-order valence-corrected chi connectivity index (χ1v) is 8.55. The summed E-state index contributed by atoms with van der Waals surface area (Å²) in [6.07, 6.45) is 6.54. The van der Waals surface area contributed by atoms with E-state index < -0.39 is 0 Å². The Kier molecular flexibility index (Phi) is 7.07. The summed E-state index contributed by atoms with van der Waals surface area (Å²) < 4.78 is 2.44. The molecule has 15 heavy (non-hydrogen) atoms. The first-order valence-electron chi connectivity index (χ1n) is 5.24. The smallest absolute Gasteiger partial charge is 0.0753 e. The summed E-state index contributed by atoms with van der Waals surface area (Å²) in [5.74, 6) is 0. The van der Waals surface area contributed by atoms with Crippen molar-refractivity contribution in [3.8, 4) is 0 Å². The SMILES string of the molecule is CCCCCCC(Br)c1cc(Br)sc1Br. The van der Waals surface area contributed by atoms with Crippen LogP contribution in [0.3, 0.4) is 0 Å². The fourth-order valence-corrected chi connectivity index (χ4v) is 5.59. The molecule has 0 bridgehead atoms. The highest BCUT2D eigenvalue weighted by atomic mass is 79.9. The highest BCUT2D eigenvalue weighted by Crippen LogP contribution is 2.40. The molecule has 1 atom stereocenters. The number of hydrogen-bond acceptors (Lipinski definition) is 1. The number of thiophene rings is 1. The lowest BCUT2D eigenvalue weighted by Crippen LogP contribution is -1.88. The lowest BCUT2D eigenvalue weighted by Gasteiger charge is -2.08. The van der Waals surface area contributed by atoms with Crippen LogP contribution in [0.25, 0.3) is 0 Å². The molecule has 0 aliphatic rings. The Hall–Kier alpha value is 1.14. The zero-order valence-corrected chi connectivity index (χ0v) is 14.3. The van der Waals surface area contributed by atoms with Crippen LogP contribution in [-0.2, 0) is 0 Å². The Bertz CT molecular complexity index is 296. The molecule has 0 aliphatic heterocycles. The van der Waals surface area contributed by atoms with E-state index in [4.69, 9.17) is 0 Å². The molecule has 1 aromatic rings. The van der Waals surface area contributed by atoms with Crippen molar-refractivity contribution in [3.63, 3.8) is 0 Å². The second-order valence-corrected chi connectivity index (χ2v) is 8.45. The van der Waals surface area contributed by atoms with Gasteiger partial charge in [0.2, 0.25) is 0 Å². The zero-order valence-electron chi connectivity index (χ0n) is 8.73. The van der Waals surface area contributed by atoms with Crippen LogP contribution in [0.1, 0.15) is 49.4 Å². The van der Waals surface area contributed by atoms with E-state index in [-0.39, 0.29) is 0 Å². The molecule has 0 N–H and O–H groups in total. The predicted molar refractivity (Wildman–Crippen MR) is 80.1 cm³/mol. The summed E-state index contributed by atoms with van der Waals surface area (Å²) >= 11 is 12.6. The molecule has 0 amide bonds. The maximum Gasteiger partial charge on any atom is 0.0753 e. The van der Waals surface area contributed by atoms with E-state index in [1.807, 2.05) is 0 Å². The summed E-state index contributed by atoms with van der Waals surface area (Å²) in [7, 11) is 0. The lowest BCUT2D eigenvalue weighted by atomic mass is 10.1. The van der Waals surface area contributed by atoms with E-state index in [2.05, 4.69) is 60.8 Å². The topological polar surface area (TPSA) is 0 Å². The monoisotopic (exact) mass is 416 g/mol. The molecule has 1 rings (SSSR count). The van der Waals surface area contributed by atoms with Crippen LogP contribution < -0.4 is 0 Å². The van der Waals surface area contributed by atoms with Crippen molar-refractivity contribution in [1.29, 1.82) is 0 Å². The molecule has 1 heterocycles. The molecule has 0 radical (unpaired) electrons. The van der Waals surface area contributed by atoms with Gasteiger partial charge < -0.3 is 0 Å². The van der Waals surface area contributed by atoms with Crippen molar-refractivity contribution in [3.05, 3.63) is 19.2 Å². The van der Waals surface area contributed by atoms with Gasteiger partial charge in [-0.3, -0.25) is 0 Å². The van der Waals surface area contributed by atoms with Crippen LogP contribution in [0.15, 0.2) is 13.6 Å². The first-order chi connectivity index (χ1) is 7.15. The van der Waals surface area contributed by atoms with Gasteiger partial charge in [0.25, 0.3) is 0 Å². The molecular weight excluding hydrogens is 404 g/mol. The Balaban J connectivity index is 2.39. The lowest BCUT2D eigenvalue weighted by molar-refractivity contribution is 0.630. The van der Waals surface area contributed by atoms with Gasteiger partial charge in [0.15, 0.2) is 0 Å². The molecule has 1 aromatic heterocycles. The summed E-state index contributed by atoms with van der Waals surface area (Å²) in [6.45, 7) is 2.25. The molecule has 0 aromatic carbocycles. The highest BCUT2D eigenvalue weighted by molar-refractivity contribution is 9.12. The molecule has 4 heteroatoms. The van der Waals surface area contributed by atoms with Crippen molar-refractivity contribution in [1.82, 2.24) is 0 Å². The standard InChI is InChI=1S/C11H15Br3S/c1-2-3-4-5-6-9(12)8-7-10(13)15-11(8)14/h7,9H,2-6H2,1H3. The molecule has 1 unspecified atom stereocenters. The maximum atomic E-state index is 3.76. The average molecular weight is 419 g/mol. The molecule has 0 saturated carbocycles. The second-order valence-electron chi connectivity index (χ2n) is 3.60. The summed E-state index contributed by atoms with van der Waals surface area (Å²) in [6, 6.07) is 2.20. The molecule has 0 spiro atoms. The highest BCUT2D eigenvalue weighted by Gasteiger charge is 2.13. The zero-order chi connectivity index (χ0) is 11.3. The number of hydrogen-bond donors (Lipinski definition) is 0. The summed E-state index contributed by atoms with van der Waals surface area (Å²) in [5, 5.41) is 0. The molecular formula is C11H15Br3S. The van der Waals surface area contributed by atoms with E-state index in [0.717, 1.165) is 0 Å². The van der Waals surface area contributed by atoms with Crippen LogP contribution in [0, 0.1) is 0 Å². The number of unbranched alkanes of at least 4 members (excludes halogenated alkanes) is 3. The second kappa shape index (κ2) is 7.46. The quantitative estimate of drug-likeness (QED) is 0.357. The Morgan fingerprint density at radius 3 is 2.53 bits per heavy atom. The van der Waals surface area contributed by atoms with Crippen LogP contribution in [-0.4, -0.2) is 0 Å². The third kappa shape index (κ3) is 4.88. The van der Waals surface area contributed by atoms with E-state index in [1.165, 1.54) is 45.2 Å². The molecule has 0 aliphatic carbocycles. The largest absolute Gasteiger partial charge is 0.121 e. The molecule has 86 valence electrons. The maximum absolute atomic E-state index is 3.76. The minimum atomic E-state index is 0.492. The first kappa shape index (κ1) is 14.2. The number of rotatable bonds is 6.